The van der Waals surface area contributed by atoms with Crippen LogP contribution in [0.1, 0.15) is 258 Å². The smallest absolute Gasteiger partial charge is 0.550 e. The van der Waals surface area contributed by atoms with Gasteiger partial charge in [-0.3, -0.25) is 0 Å². The van der Waals surface area contributed by atoms with Gasteiger partial charge >= 0.3 is 29.6 Å². The Hall–Kier alpha value is 0.430. The molecule has 0 aromatic heterocycles. The van der Waals surface area contributed by atoms with Crippen molar-refractivity contribution in [3.05, 3.63) is 0 Å². The van der Waals surface area contributed by atoms with Gasteiger partial charge in [-0.1, -0.05) is 219 Å². The minimum Gasteiger partial charge on any atom is -0.550 e. The van der Waals surface area contributed by atoms with Gasteiger partial charge in [-0.25, -0.2) is 0 Å². The minimum absolute atomic E-state index is 0. The van der Waals surface area contributed by atoms with Crippen LogP contribution in [0.25, 0.3) is 0 Å². The summed E-state index contributed by atoms with van der Waals surface area (Å²) in [7, 11) is 0. The van der Waals surface area contributed by atoms with Gasteiger partial charge in [0.25, 0.3) is 0 Å². The first kappa shape index (κ1) is 50.5. The summed E-state index contributed by atoms with van der Waals surface area (Å²) < 4.78 is 0. The number of rotatable bonds is 41. The van der Waals surface area contributed by atoms with Gasteiger partial charge in [-0.15, -0.1) is 0 Å². The molecule has 0 saturated heterocycles. The Bertz CT molecular complexity index is 562. The van der Waals surface area contributed by atoms with Crippen molar-refractivity contribution in [3.63, 3.8) is 0 Å². The second-order valence-corrected chi connectivity index (χ2v) is 15.5. The molecule has 0 fully saturated rings. The molecule has 0 heterocycles. The Kier molecular flexibility index (Phi) is 45.9. The molecule has 282 valence electrons. The van der Waals surface area contributed by atoms with E-state index in [-0.39, 0.29) is 36.0 Å². The maximum Gasteiger partial charge on any atom is 1.00 e. The summed E-state index contributed by atoms with van der Waals surface area (Å²) in [6.45, 7) is 9.28. The van der Waals surface area contributed by atoms with E-state index in [0.29, 0.717) is 6.04 Å². The fraction of sp³-hybridized carbons (Fsp3) is 0.977. The average Bonchev–Trinajstić information content (AvgIpc) is 3.06. The quantitative estimate of drug-likeness (QED) is 0.0475. The molecular weight excluding hydrogens is 597 g/mol. The van der Waals surface area contributed by atoms with Crippen molar-refractivity contribution in [2.24, 2.45) is 0 Å². The minimum atomic E-state index is -0.898. The van der Waals surface area contributed by atoms with Gasteiger partial charge in [0.05, 0.1) is 0 Å². The largest absolute Gasteiger partial charge is 1.00 e. The number of aliphatic carboxylic acids is 1. The van der Waals surface area contributed by atoms with Crippen LogP contribution in [0.2, 0.25) is 0 Å². The molecule has 0 saturated carbocycles. The van der Waals surface area contributed by atoms with Crippen molar-refractivity contribution in [2.45, 2.75) is 264 Å². The molecule has 0 bridgehead atoms. The second kappa shape index (κ2) is 43.6. The maximum atomic E-state index is 10.9. The third kappa shape index (κ3) is 40.9. The van der Waals surface area contributed by atoms with E-state index in [1.807, 2.05) is 0 Å². The van der Waals surface area contributed by atoms with Crippen molar-refractivity contribution in [1.29, 1.82) is 0 Å². The van der Waals surface area contributed by atoms with Gasteiger partial charge in [0.1, 0.15) is 0 Å². The molecule has 0 aliphatic carbocycles. The molecule has 0 aliphatic rings. The van der Waals surface area contributed by atoms with E-state index < -0.39 is 5.97 Å². The molecule has 3 nitrogen and oxygen atoms in total. The summed E-state index contributed by atoms with van der Waals surface area (Å²) >= 11 is 0. The van der Waals surface area contributed by atoms with E-state index in [0.717, 1.165) is 12.8 Å². The third-order valence-corrected chi connectivity index (χ3v) is 10.7. The Balaban J connectivity index is 0. The Labute approximate surface area is 326 Å². The first-order chi connectivity index (χ1) is 23.1. The molecule has 0 rings (SSSR count). The maximum absolute atomic E-state index is 10.9. The summed E-state index contributed by atoms with van der Waals surface area (Å²) in [5.41, 5.74) is 0. The van der Waals surface area contributed by atoms with Crippen LogP contribution >= 0.6 is 0 Å². The number of hydrogen-bond donors (Lipinski definition) is 0. The number of carbonyl (C=O) groups excluding carboxylic acids is 1. The van der Waals surface area contributed by atoms with Gasteiger partial charge in [-0.2, -0.15) is 0 Å². The molecule has 0 aromatic carbocycles. The molecule has 0 aliphatic heterocycles. The number of carboxylic acid groups (broad SMARTS) is 1. The fourth-order valence-corrected chi connectivity index (χ4v) is 7.36. The number of carboxylic acids is 1. The zero-order valence-corrected chi connectivity index (χ0v) is 35.9. The van der Waals surface area contributed by atoms with Gasteiger partial charge in [0, 0.05) is 12.0 Å². The molecule has 0 aromatic rings. The van der Waals surface area contributed by atoms with Crippen LogP contribution in [-0.4, -0.2) is 30.0 Å². The standard InChI is InChI=1S/C44H89NO2.Na/c1-4-6-8-10-12-14-16-18-20-22-24-26-28-30-32-34-36-41-45(43(3)39-38-40-44(46)47)42-37-35-33-31-29-27-25-23-21-19-17-15-13-11-9-7-5-2;/h43H,4-42H2,1-3H3,(H,46,47);/q;+1/p-1. The van der Waals surface area contributed by atoms with Crippen LogP contribution in [0.3, 0.4) is 0 Å². The number of carbonyl (C=O) groups is 1. The van der Waals surface area contributed by atoms with Gasteiger partial charge in [-0.05, 0) is 52.1 Å². The Morgan fingerprint density at radius 2 is 0.646 bits per heavy atom. The van der Waals surface area contributed by atoms with Crippen LogP contribution in [0.15, 0.2) is 0 Å². The van der Waals surface area contributed by atoms with E-state index in [4.69, 9.17) is 0 Å². The van der Waals surface area contributed by atoms with Gasteiger partial charge < -0.3 is 14.8 Å². The average molecular weight is 686 g/mol. The van der Waals surface area contributed by atoms with Crippen molar-refractivity contribution >= 4 is 5.97 Å². The van der Waals surface area contributed by atoms with Crippen LogP contribution < -0.4 is 34.7 Å². The van der Waals surface area contributed by atoms with Crippen LogP contribution in [0, 0.1) is 0 Å². The predicted octanol–water partition coefficient (Wildman–Crippen LogP) is 10.9. The van der Waals surface area contributed by atoms with Crippen molar-refractivity contribution < 1.29 is 39.5 Å². The van der Waals surface area contributed by atoms with E-state index in [1.54, 1.807) is 0 Å². The van der Waals surface area contributed by atoms with E-state index in [2.05, 4.69) is 25.7 Å². The molecule has 0 N–H and O–H groups in total. The molecule has 0 radical (unpaired) electrons. The zero-order valence-electron chi connectivity index (χ0n) is 33.9. The Morgan fingerprint density at radius 3 is 0.875 bits per heavy atom. The zero-order chi connectivity index (χ0) is 34.3. The van der Waals surface area contributed by atoms with Gasteiger partial charge in [0.15, 0.2) is 0 Å². The summed E-state index contributed by atoms with van der Waals surface area (Å²) in [6, 6.07) is 0.483. The molecular formula is C44H88NNaO2. The second-order valence-electron chi connectivity index (χ2n) is 15.5. The molecule has 1 atom stereocenters. The number of nitrogens with zero attached hydrogens (tertiary/aromatic N) is 1. The summed E-state index contributed by atoms with van der Waals surface area (Å²) in [5.74, 6) is -0.898. The Morgan fingerprint density at radius 1 is 0.417 bits per heavy atom. The normalized spacial score (nSPS) is 12.1. The van der Waals surface area contributed by atoms with E-state index in [1.165, 1.54) is 231 Å². The predicted molar refractivity (Wildman–Crippen MR) is 208 cm³/mol. The number of hydrogen-bond acceptors (Lipinski definition) is 3. The topological polar surface area (TPSA) is 43.4 Å². The fourth-order valence-electron chi connectivity index (χ4n) is 7.36. The number of unbranched alkanes of at least 4 members (excludes halogenated alkanes) is 32. The molecule has 1 unspecified atom stereocenters. The van der Waals surface area contributed by atoms with Crippen molar-refractivity contribution in [2.75, 3.05) is 13.1 Å². The molecule has 4 heteroatoms. The van der Waals surface area contributed by atoms with Gasteiger partial charge in [0.2, 0.25) is 0 Å². The summed E-state index contributed by atoms with van der Waals surface area (Å²) in [6.07, 6.45) is 50.1. The molecule has 0 amide bonds. The molecule has 48 heavy (non-hydrogen) atoms. The van der Waals surface area contributed by atoms with E-state index in [9.17, 15) is 9.90 Å². The first-order valence-electron chi connectivity index (χ1n) is 22.1. The summed E-state index contributed by atoms with van der Waals surface area (Å²) in [5, 5.41) is 10.9. The van der Waals surface area contributed by atoms with E-state index >= 15 is 0 Å². The van der Waals surface area contributed by atoms with Crippen molar-refractivity contribution in [3.8, 4) is 0 Å². The van der Waals surface area contributed by atoms with Crippen LogP contribution in [0.5, 0.6) is 0 Å². The molecule has 0 spiro atoms. The van der Waals surface area contributed by atoms with Crippen LogP contribution in [0.4, 0.5) is 0 Å². The van der Waals surface area contributed by atoms with Crippen LogP contribution in [-0.2, 0) is 4.79 Å². The third-order valence-electron chi connectivity index (χ3n) is 10.7. The monoisotopic (exact) mass is 686 g/mol. The first-order valence-corrected chi connectivity index (χ1v) is 22.1. The summed E-state index contributed by atoms with van der Waals surface area (Å²) in [4.78, 5) is 13.6. The van der Waals surface area contributed by atoms with Crippen molar-refractivity contribution in [1.82, 2.24) is 4.90 Å². The SMILES string of the molecule is CCCCCCCCCCCCCCCCCCCN(CCCCCCCCCCCCCCCCCCC)C(C)CCCC(=O)[O-].[Na+].